The highest BCUT2D eigenvalue weighted by Gasteiger charge is 2.22. The van der Waals surface area contributed by atoms with Gasteiger partial charge in [0.25, 0.3) is 5.78 Å². The Labute approximate surface area is 110 Å². The van der Waals surface area contributed by atoms with Crippen LogP contribution in [0.2, 0.25) is 0 Å². The van der Waals surface area contributed by atoms with Crippen molar-refractivity contribution in [2.24, 2.45) is 0 Å². The fourth-order valence-corrected chi connectivity index (χ4v) is 1.96. The first-order valence-electron chi connectivity index (χ1n) is 5.95. The van der Waals surface area contributed by atoms with Crippen LogP contribution < -0.4 is 4.74 Å². The van der Waals surface area contributed by atoms with E-state index < -0.39 is 11.8 Å². The lowest BCUT2D eigenvalue weighted by Gasteiger charge is -2.07. The van der Waals surface area contributed by atoms with Crippen molar-refractivity contribution in [3.63, 3.8) is 0 Å². The van der Waals surface area contributed by atoms with Gasteiger partial charge in [-0.1, -0.05) is 0 Å². The number of carbonyl (C=O) groups is 2. The molecule has 0 spiro atoms. The highest BCUT2D eigenvalue weighted by atomic mass is 16.5. The molecule has 1 heterocycles. The van der Waals surface area contributed by atoms with Crippen LogP contribution in [0.4, 0.5) is 0 Å². The molecule has 0 fully saturated rings. The predicted molar refractivity (Wildman–Crippen MR) is 70.6 cm³/mol. The van der Waals surface area contributed by atoms with Crippen LogP contribution in [-0.2, 0) is 9.53 Å². The van der Waals surface area contributed by atoms with Gasteiger partial charge in [-0.05, 0) is 32.0 Å². The Kier molecular flexibility index (Phi) is 3.55. The molecule has 1 aromatic carbocycles. The van der Waals surface area contributed by atoms with Crippen LogP contribution in [0.15, 0.2) is 18.2 Å². The van der Waals surface area contributed by atoms with Crippen LogP contribution in [0.3, 0.4) is 0 Å². The number of methoxy groups -OCH3 is 1. The summed E-state index contributed by atoms with van der Waals surface area (Å²) in [5.74, 6) is -1.21. The number of aromatic amines is 1. The maximum absolute atomic E-state index is 12.0. The molecular formula is C14H15NO4. The second kappa shape index (κ2) is 5.14. The van der Waals surface area contributed by atoms with E-state index in [4.69, 9.17) is 9.47 Å². The van der Waals surface area contributed by atoms with Crippen molar-refractivity contribution in [1.29, 1.82) is 0 Å². The Bertz CT molecular complexity index is 642. The smallest absolute Gasteiger partial charge is 0.379 e. The Balaban J connectivity index is 2.51. The molecule has 0 aliphatic carbocycles. The third-order valence-electron chi connectivity index (χ3n) is 2.78. The van der Waals surface area contributed by atoms with E-state index in [1.807, 2.05) is 13.0 Å². The zero-order valence-electron chi connectivity index (χ0n) is 11.1. The van der Waals surface area contributed by atoms with E-state index in [1.165, 1.54) is 7.11 Å². The van der Waals surface area contributed by atoms with Crippen molar-refractivity contribution in [3.8, 4) is 5.75 Å². The lowest BCUT2D eigenvalue weighted by molar-refractivity contribution is -0.137. The lowest BCUT2D eigenvalue weighted by Crippen LogP contribution is -2.18. The number of benzene rings is 1. The third-order valence-corrected chi connectivity index (χ3v) is 2.78. The van der Waals surface area contributed by atoms with E-state index in [1.54, 1.807) is 19.1 Å². The number of aromatic nitrogens is 1. The number of ketones is 1. The van der Waals surface area contributed by atoms with E-state index in [-0.39, 0.29) is 12.2 Å². The average molecular weight is 261 g/mol. The lowest BCUT2D eigenvalue weighted by atomic mass is 10.1. The van der Waals surface area contributed by atoms with Gasteiger partial charge in [-0.25, -0.2) is 4.79 Å². The normalized spacial score (nSPS) is 10.5. The van der Waals surface area contributed by atoms with Crippen molar-refractivity contribution in [2.45, 2.75) is 13.8 Å². The van der Waals surface area contributed by atoms with Crippen LogP contribution in [0.25, 0.3) is 10.9 Å². The minimum Gasteiger partial charge on any atom is -0.496 e. The Morgan fingerprint density at radius 2 is 2.00 bits per heavy atom. The molecule has 2 aromatic rings. The number of rotatable bonds is 4. The molecule has 5 heteroatoms. The van der Waals surface area contributed by atoms with Gasteiger partial charge >= 0.3 is 5.97 Å². The molecular weight excluding hydrogens is 246 g/mol. The number of fused-ring (bicyclic) bond motifs is 1. The molecule has 0 aliphatic heterocycles. The molecule has 0 saturated heterocycles. The molecule has 0 amide bonds. The largest absolute Gasteiger partial charge is 0.496 e. The maximum atomic E-state index is 12.0. The first kappa shape index (κ1) is 13.1. The topological polar surface area (TPSA) is 68.4 Å². The second-order valence-electron chi connectivity index (χ2n) is 4.14. The number of esters is 1. The molecule has 0 unspecified atom stereocenters. The molecule has 1 N–H and O–H groups in total. The van der Waals surface area contributed by atoms with Crippen molar-refractivity contribution in [3.05, 3.63) is 29.5 Å². The summed E-state index contributed by atoms with van der Waals surface area (Å²) in [6.45, 7) is 3.73. The average Bonchev–Trinajstić information content (AvgIpc) is 2.75. The van der Waals surface area contributed by atoms with Crippen LogP contribution in [0.1, 0.15) is 23.0 Å². The number of aryl methyl sites for hydroxylation is 1. The van der Waals surface area contributed by atoms with Crippen molar-refractivity contribution in [1.82, 2.24) is 4.98 Å². The molecule has 0 radical (unpaired) electrons. The summed E-state index contributed by atoms with van der Waals surface area (Å²) in [6, 6.07) is 5.28. The summed E-state index contributed by atoms with van der Waals surface area (Å²) in [7, 11) is 1.46. The minimum absolute atomic E-state index is 0.163. The molecule has 5 nitrogen and oxygen atoms in total. The number of carbonyl (C=O) groups excluding carboxylic acids is 2. The standard InChI is InChI=1S/C14H15NO4/c1-4-19-14(17)13(16)10-7-11-9(5-8(2)15-11)6-12(10)18-3/h5-7,15H,4H2,1-3H3. The van der Waals surface area contributed by atoms with E-state index in [9.17, 15) is 9.59 Å². The third kappa shape index (κ3) is 2.45. The van der Waals surface area contributed by atoms with E-state index in [2.05, 4.69) is 4.98 Å². The highest BCUT2D eigenvalue weighted by Crippen LogP contribution is 2.27. The van der Waals surface area contributed by atoms with Crippen molar-refractivity contribution < 1.29 is 19.1 Å². The van der Waals surface area contributed by atoms with Crippen LogP contribution in [0.5, 0.6) is 5.75 Å². The van der Waals surface area contributed by atoms with Crippen LogP contribution in [0, 0.1) is 6.92 Å². The summed E-state index contributed by atoms with van der Waals surface area (Å²) in [4.78, 5) is 26.6. The van der Waals surface area contributed by atoms with E-state index in [0.29, 0.717) is 5.75 Å². The minimum atomic E-state index is -0.872. The van der Waals surface area contributed by atoms with Crippen LogP contribution in [-0.4, -0.2) is 30.5 Å². The Morgan fingerprint density at radius 3 is 2.63 bits per heavy atom. The zero-order valence-corrected chi connectivity index (χ0v) is 11.1. The van der Waals surface area contributed by atoms with Crippen molar-refractivity contribution >= 4 is 22.7 Å². The second-order valence-corrected chi connectivity index (χ2v) is 4.14. The van der Waals surface area contributed by atoms with Gasteiger partial charge in [0.15, 0.2) is 0 Å². The summed E-state index contributed by atoms with van der Waals surface area (Å²) in [5.41, 5.74) is 1.96. The quantitative estimate of drug-likeness (QED) is 0.520. The number of Topliss-reactive ketones (excluding diaryl/α,β-unsaturated/α-hetero) is 1. The summed E-state index contributed by atoms with van der Waals surface area (Å²) >= 11 is 0. The number of nitrogens with one attached hydrogen (secondary N) is 1. The SMILES string of the molecule is CCOC(=O)C(=O)c1cc2[nH]c(C)cc2cc1OC. The zero-order chi connectivity index (χ0) is 14.0. The predicted octanol–water partition coefficient (Wildman–Crippen LogP) is 2.23. The maximum Gasteiger partial charge on any atom is 0.379 e. The molecule has 100 valence electrons. The molecule has 2 rings (SSSR count). The van der Waals surface area contributed by atoms with Gasteiger partial charge in [-0.2, -0.15) is 0 Å². The fourth-order valence-electron chi connectivity index (χ4n) is 1.96. The molecule has 0 saturated carbocycles. The number of ether oxygens (including phenoxy) is 2. The Morgan fingerprint density at radius 1 is 1.26 bits per heavy atom. The molecule has 19 heavy (non-hydrogen) atoms. The van der Waals surface area contributed by atoms with Gasteiger partial charge in [-0.3, -0.25) is 4.79 Å². The fraction of sp³-hybridized carbons (Fsp3) is 0.286. The first-order valence-corrected chi connectivity index (χ1v) is 5.95. The molecule has 0 atom stereocenters. The van der Waals surface area contributed by atoms with Crippen molar-refractivity contribution in [2.75, 3.05) is 13.7 Å². The summed E-state index contributed by atoms with van der Waals surface area (Å²) in [5, 5.41) is 0.926. The van der Waals surface area contributed by atoms with Gasteiger partial charge in [0.2, 0.25) is 0 Å². The van der Waals surface area contributed by atoms with Gasteiger partial charge in [0, 0.05) is 16.6 Å². The molecule has 0 bridgehead atoms. The van der Waals surface area contributed by atoms with Gasteiger partial charge < -0.3 is 14.5 Å². The number of H-pyrrole nitrogens is 1. The monoisotopic (exact) mass is 261 g/mol. The van der Waals surface area contributed by atoms with Gasteiger partial charge in [0.05, 0.1) is 19.3 Å². The highest BCUT2D eigenvalue weighted by molar-refractivity contribution is 6.41. The molecule has 1 aromatic heterocycles. The van der Waals surface area contributed by atoms with Gasteiger partial charge in [0.1, 0.15) is 5.75 Å². The Hall–Kier alpha value is -2.30. The first-order chi connectivity index (χ1) is 9.06. The van der Waals surface area contributed by atoms with Crippen LogP contribution >= 0.6 is 0 Å². The summed E-state index contributed by atoms with van der Waals surface area (Å²) in [6.07, 6.45) is 0. The van der Waals surface area contributed by atoms with E-state index in [0.717, 1.165) is 16.6 Å². The summed E-state index contributed by atoms with van der Waals surface area (Å²) < 4.78 is 9.89. The number of hydrogen-bond donors (Lipinski definition) is 1. The van der Waals surface area contributed by atoms with Gasteiger partial charge in [-0.15, -0.1) is 0 Å². The molecule has 0 aliphatic rings. The number of hydrogen-bond acceptors (Lipinski definition) is 4. The van der Waals surface area contributed by atoms with E-state index >= 15 is 0 Å².